The number of hydrogen-bond donors (Lipinski definition) is 2. The molecule has 0 aliphatic carbocycles. The number of benzene rings is 1. The maximum absolute atomic E-state index is 12.1. The second-order valence-corrected chi connectivity index (χ2v) is 5.11. The molecule has 18 heavy (non-hydrogen) atoms. The van der Waals surface area contributed by atoms with Crippen molar-refractivity contribution in [1.29, 1.82) is 0 Å². The first-order valence-electron chi connectivity index (χ1n) is 6.50. The first-order valence-corrected chi connectivity index (χ1v) is 6.50. The van der Waals surface area contributed by atoms with Gasteiger partial charge in [0.05, 0.1) is 18.2 Å². The van der Waals surface area contributed by atoms with Crippen LogP contribution in [0.2, 0.25) is 0 Å². The van der Waals surface area contributed by atoms with Crippen molar-refractivity contribution in [2.24, 2.45) is 5.73 Å². The summed E-state index contributed by atoms with van der Waals surface area (Å²) in [5.41, 5.74) is 6.81. The number of amides is 1. The molecule has 0 aromatic heterocycles. The van der Waals surface area contributed by atoms with Gasteiger partial charge in [-0.05, 0) is 24.8 Å². The van der Waals surface area contributed by atoms with Crippen molar-refractivity contribution < 1.29 is 9.53 Å². The first-order chi connectivity index (χ1) is 8.74. The van der Waals surface area contributed by atoms with Crippen LogP contribution < -0.4 is 11.1 Å². The van der Waals surface area contributed by atoms with E-state index >= 15 is 0 Å². The second-order valence-electron chi connectivity index (χ2n) is 5.11. The van der Waals surface area contributed by atoms with Gasteiger partial charge in [0.15, 0.2) is 0 Å². The molecule has 2 aliphatic rings. The summed E-state index contributed by atoms with van der Waals surface area (Å²) in [5.74, 6) is -0.109. The number of carbonyl (C=O) groups excluding carboxylic acids is 1. The number of ether oxygens (including phenoxy) is 1. The van der Waals surface area contributed by atoms with Gasteiger partial charge in [-0.2, -0.15) is 0 Å². The maximum Gasteiger partial charge on any atom is 0.241 e. The van der Waals surface area contributed by atoms with Crippen LogP contribution in [0.15, 0.2) is 30.3 Å². The van der Waals surface area contributed by atoms with E-state index in [-0.39, 0.29) is 18.1 Å². The van der Waals surface area contributed by atoms with Crippen molar-refractivity contribution in [2.75, 3.05) is 0 Å². The number of nitrogens with one attached hydrogen (secondary N) is 1. The van der Waals surface area contributed by atoms with Gasteiger partial charge in [0, 0.05) is 0 Å². The average Bonchev–Trinajstić information content (AvgIpc) is 3.01. The number of rotatable bonds is 3. The Kier molecular flexibility index (Phi) is 3.06. The van der Waals surface area contributed by atoms with Crippen LogP contribution in [0.5, 0.6) is 0 Å². The van der Waals surface area contributed by atoms with Crippen molar-refractivity contribution in [3.8, 4) is 0 Å². The minimum atomic E-state index is -0.592. The summed E-state index contributed by atoms with van der Waals surface area (Å²) in [6.07, 6.45) is 3.64. The molecule has 2 heterocycles. The lowest BCUT2D eigenvalue weighted by atomic mass is 9.95. The van der Waals surface area contributed by atoms with E-state index in [1.54, 1.807) is 0 Å². The molecule has 96 valence electrons. The Balaban J connectivity index is 1.62. The quantitative estimate of drug-likeness (QED) is 0.840. The molecule has 2 bridgehead atoms. The standard InChI is InChI=1S/C14H18N2O2/c15-13(9-4-2-1-3-5-9)14(17)16-11-8-10-6-7-12(11)18-10/h1-5,10-13H,6-8,15H2,(H,16,17)/t10?,11?,12?,13-/m1/s1. The second kappa shape index (κ2) is 4.71. The van der Waals surface area contributed by atoms with Crippen LogP contribution in [0.3, 0.4) is 0 Å². The third-order valence-corrected chi connectivity index (χ3v) is 3.87. The van der Waals surface area contributed by atoms with Crippen LogP contribution >= 0.6 is 0 Å². The molecule has 4 atom stereocenters. The van der Waals surface area contributed by atoms with Gasteiger partial charge in [0.25, 0.3) is 0 Å². The molecule has 3 unspecified atom stereocenters. The molecule has 1 aromatic rings. The third-order valence-electron chi connectivity index (χ3n) is 3.87. The summed E-state index contributed by atoms with van der Waals surface area (Å²) in [7, 11) is 0. The zero-order chi connectivity index (χ0) is 12.5. The van der Waals surface area contributed by atoms with Crippen LogP contribution in [-0.2, 0) is 9.53 Å². The highest BCUT2D eigenvalue weighted by Gasteiger charge is 2.41. The molecule has 1 aromatic carbocycles. The molecule has 2 saturated heterocycles. The lowest BCUT2D eigenvalue weighted by Crippen LogP contribution is -2.45. The topological polar surface area (TPSA) is 64.4 Å². The van der Waals surface area contributed by atoms with E-state index in [1.165, 1.54) is 0 Å². The van der Waals surface area contributed by atoms with Gasteiger partial charge < -0.3 is 15.8 Å². The fourth-order valence-corrected chi connectivity index (χ4v) is 2.87. The molecular weight excluding hydrogens is 228 g/mol. The summed E-state index contributed by atoms with van der Waals surface area (Å²) in [6, 6.07) is 9.00. The normalized spacial score (nSPS) is 31.3. The summed E-state index contributed by atoms with van der Waals surface area (Å²) < 4.78 is 5.72. The number of carbonyl (C=O) groups is 1. The lowest BCUT2D eigenvalue weighted by molar-refractivity contribution is -0.123. The Labute approximate surface area is 107 Å². The van der Waals surface area contributed by atoms with Crippen LogP contribution in [0.4, 0.5) is 0 Å². The van der Waals surface area contributed by atoms with Crippen LogP contribution in [0, 0.1) is 0 Å². The summed E-state index contributed by atoms with van der Waals surface area (Å²) >= 11 is 0. The van der Waals surface area contributed by atoms with Crippen LogP contribution in [-0.4, -0.2) is 24.2 Å². The van der Waals surface area contributed by atoms with Gasteiger partial charge in [-0.15, -0.1) is 0 Å². The lowest BCUT2D eigenvalue weighted by Gasteiger charge is -2.22. The Morgan fingerprint density at radius 2 is 2.11 bits per heavy atom. The van der Waals surface area contributed by atoms with Gasteiger partial charge >= 0.3 is 0 Å². The number of fused-ring (bicyclic) bond motifs is 2. The highest BCUT2D eigenvalue weighted by molar-refractivity contribution is 5.83. The number of hydrogen-bond acceptors (Lipinski definition) is 3. The molecule has 0 spiro atoms. The molecule has 0 radical (unpaired) electrons. The fraction of sp³-hybridized carbons (Fsp3) is 0.500. The highest BCUT2D eigenvalue weighted by atomic mass is 16.5. The Morgan fingerprint density at radius 3 is 2.72 bits per heavy atom. The number of nitrogens with two attached hydrogens (primary N) is 1. The minimum absolute atomic E-state index is 0.109. The Hall–Kier alpha value is -1.39. The van der Waals surface area contributed by atoms with Crippen molar-refractivity contribution >= 4 is 5.91 Å². The summed E-state index contributed by atoms with van der Waals surface area (Å²) in [4.78, 5) is 12.1. The highest BCUT2D eigenvalue weighted by Crippen LogP contribution is 2.34. The van der Waals surface area contributed by atoms with E-state index in [4.69, 9.17) is 10.5 Å². The van der Waals surface area contributed by atoms with Gasteiger partial charge in [-0.1, -0.05) is 30.3 Å². The van der Waals surface area contributed by atoms with Gasteiger partial charge in [0.1, 0.15) is 6.04 Å². The zero-order valence-electron chi connectivity index (χ0n) is 10.2. The van der Waals surface area contributed by atoms with E-state index < -0.39 is 6.04 Å². The van der Waals surface area contributed by atoms with E-state index in [2.05, 4.69) is 5.32 Å². The van der Waals surface area contributed by atoms with Crippen molar-refractivity contribution in [2.45, 2.75) is 43.6 Å². The Bertz CT molecular complexity index is 435. The van der Waals surface area contributed by atoms with Crippen LogP contribution in [0.1, 0.15) is 30.9 Å². The van der Waals surface area contributed by atoms with Gasteiger partial charge in [-0.3, -0.25) is 4.79 Å². The molecule has 4 heteroatoms. The molecule has 2 fully saturated rings. The van der Waals surface area contributed by atoms with E-state index in [9.17, 15) is 4.79 Å². The monoisotopic (exact) mass is 246 g/mol. The molecular formula is C14H18N2O2. The van der Waals surface area contributed by atoms with E-state index in [0.29, 0.717) is 6.10 Å². The summed E-state index contributed by atoms with van der Waals surface area (Å²) in [6.45, 7) is 0. The molecule has 2 aliphatic heterocycles. The first kappa shape index (κ1) is 11.7. The fourth-order valence-electron chi connectivity index (χ4n) is 2.87. The molecule has 1 amide bonds. The predicted octanol–water partition coefficient (Wildman–Crippen LogP) is 1.12. The van der Waals surface area contributed by atoms with Crippen molar-refractivity contribution in [3.63, 3.8) is 0 Å². The van der Waals surface area contributed by atoms with Crippen LogP contribution in [0.25, 0.3) is 0 Å². The smallest absolute Gasteiger partial charge is 0.241 e. The SMILES string of the molecule is N[C@@H](C(=O)NC1CC2CCC1O2)c1ccccc1. The zero-order valence-corrected chi connectivity index (χ0v) is 10.2. The summed E-state index contributed by atoms with van der Waals surface area (Å²) in [5, 5.41) is 3.02. The molecule has 0 saturated carbocycles. The van der Waals surface area contributed by atoms with E-state index in [0.717, 1.165) is 24.8 Å². The van der Waals surface area contributed by atoms with Gasteiger partial charge in [-0.25, -0.2) is 0 Å². The van der Waals surface area contributed by atoms with Gasteiger partial charge in [0.2, 0.25) is 5.91 Å². The largest absolute Gasteiger partial charge is 0.373 e. The molecule has 3 rings (SSSR count). The predicted molar refractivity (Wildman–Crippen MR) is 67.8 cm³/mol. The minimum Gasteiger partial charge on any atom is -0.373 e. The molecule has 4 nitrogen and oxygen atoms in total. The van der Waals surface area contributed by atoms with Crippen molar-refractivity contribution in [3.05, 3.63) is 35.9 Å². The Morgan fingerprint density at radius 1 is 1.33 bits per heavy atom. The maximum atomic E-state index is 12.1. The average molecular weight is 246 g/mol. The molecule has 3 N–H and O–H groups in total. The third kappa shape index (κ3) is 2.13. The van der Waals surface area contributed by atoms with Crippen molar-refractivity contribution in [1.82, 2.24) is 5.32 Å². The van der Waals surface area contributed by atoms with E-state index in [1.807, 2.05) is 30.3 Å².